The molecule has 16 heavy (non-hydrogen) atoms. The summed E-state index contributed by atoms with van der Waals surface area (Å²) in [4.78, 5) is 4.28. The van der Waals surface area contributed by atoms with Gasteiger partial charge in [-0.1, -0.05) is 12.1 Å². The molecule has 0 atom stereocenters. The molecule has 0 unspecified atom stereocenters. The molecule has 0 saturated heterocycles. The van der Waals surface area contributed by atoms with Crippen molar-refractivity contribution in [3.63, 3.8) is 0 Å². The van der Waals surface area contributed by atoms with Gasteiger partial charge in [-0.3, -0.25) is 0 Å². The zero-order chi connectivity index (χ0) is 11.7. The predicted octanol–water partition coefficient (Wildman–Crippen LogP) is 2.89. The lowest BCUT2D eigenvalue weighted by Gasteiger charge is -2.09. The Labute approximate surface area is 103 Å². The van der Waals surface area contributed by atoms with Crippen LogP contribution in [0.2, 0.25) is 0 Å². The fourth-order valence-corrected chi connectivity index (χ4v) is 2.00. The fraction of sp³-hybridized carbons (Fsp3) is 0.250. The first kappa shape index (κ1) is 11.2. The van der Waals surface area contributed by atoms with Gasteiger partial charge in [-0.25, -0.2) is 4.98 Å². The van der Waals surface area contributed by atoms with E-state index in [1.54, 1.807) is 0 Å². The third-order valence-corrected chi connectivity index (χ3v) is 3.76. The number of nitrogen functional groups attached to an aromatic ring is 1. The van der Waals surface area contributed by atoms with E-state index in [4.69, 9.17) is 5.73 Å². The Morgan fingerprint density at radius 3 is 2.75 bits per heavy atom. The Kier molecular flexibility index (Phi) is 3.01. The number of hydrogen-bond acceptors (Lipinski definition) is 2. The molecule has 0 spiro atoms. The largest absolute Gasteiger partial charge is 0.398 e. The molecule has 0 aliphatic heterocycles. The number of aromatic nitrogens is 2. The van der Waals surface area contributed by atoms with Crippen molar-refractivity contribution in [1.82, 2.24) is 9.55 Å². The second kappa shape index (κ2) is 4.29. The molecule has 0 bridgehead atoms. The normalized spacial score (nSPS) is 10.7. The SMILES string of the molecule is Cc1ncn(Cc2cccc(N)c2Br)c1C. The van der Waals surface area contributed by atoms with Crippen LogP contribution in [-0.4, -0.2) is 9.55 Å². The van der Waals surface area contributed by atoms with Crippen LogP contribution in [0.15, 0.2) is 29.0 Å². The summed E-state index contributed by atoms with van der Waals surface area (Å²) in [5.41, 5.74) is 10.0. The molecule has 0 radical (unpaired) electrons. The van der Waals surface area contributed by atoms with Gasteiger partial charge in [-0.15, -0.1) is 0 Å². The molecular weight excluding hydrogens is 266 g/mol. The summed E-state index contributed by atoms with van der Waals surface area (Å²) in [5.74, 6) is 0. The minimum Gasteiger partial charge on any atom is -0.398 e. The molecular formula is C12H14BrN3. The van der Waals surface area contributed by atoms with Crippen LogP contribution in [0.25, 0.3) is 0 Å². The molecule has 0 aliphatic rings. The molecule has 1 aromatic carbocycles. The molecule has 0 fully saturated rings. The Balaban J connectivity index is 2.34. The minimum absolute atomic E-state index is 0.770. The van der Waals surface area contributed by atoms with Crippen LogP contribution in [0.1, 0.15) is 17.0 Å². The molecule has 1 heterocycles. The zero-order valence-corrected chi connectivity index (χ0v) is 11.0. The van der Waals surface area contributed by atoms with E-state index in [9.17, 15) is 0 Å². The van der Waals surface area contributed by atoms with Crippen molar-refractivity contribution in [1.29, 1.82) is 0 Å². The highest BCUT2D eigenvalue weighted by atomic mass is 79.9. The van der Waals surface area contributed by atoms with Gasteiger partial charge in [-0.2, -0.15) is 0 Å². The van der Waals surface area contributed by atoms with Crippen LogP contribution in [0.3, 0.4) is 0 Å². The molecule has 2 N–H and O–H groups in total. The molecule has 4 heteroatoms. The maximum absolute atomic E-state index is 5.85. The molecule has 84 valence electrons. The zero-order valence-electron chi connectivity index (χ0n) is 9.37. The summed E-state index contributed by atoms with van der Waals surface area (Å²) < 4.78 is 3.09. The van der Waals surface area contributed by atoms with Crippen molar-refractivity contribution in [3.8, 4) is 0 Å². The Bertz CT molecular complexity index is 517. The van der Waals surface area contributed by atoms with Crippen LogP contribution >= 0.6 is 15.9 Å². The van der Waals surface area contributed by atoms with Gasteiger partial charge in [0.15, 0.2) is 0 Å². The maximum Gasteiger partial charge on any atom is 0.0954 e. The Morgan fingerprint density at radius 2 is 2.12 bits per heavy atom. The van der Waals surface area contributed by atoms with Gasteiger partial charge in [0.2, 0.25) is 0 Å². The third kappa shape index (κ3) is 1.97. The second-order valence-electron chi connectivity index (χ2n) is 3.86. The number of hydrogen-bond donors (Lipinski definition) is 1. The highest BCUT2D eigenvalue weighted by Crippen LogP contribution is 2.24. The van der Waals surface area contributed by atoms with Gasteiger partial charge in [0.1, 0.15) is 0 Å². The Morgan fingerprint density at radius 1 is 1.38 bits per heavy atom. The maximum atomic E-state index is 5.85. The summed E-state index contributed by atoms with van der Waals surface area (Å²) >= 11 is 3.51. The standard InChI is InChI=1S/C12H14BrN3/c1-8-9(2)16(7-15-8)6-10-4-3-5-11(14)12(10)13/h3-5,7H,6,14H2,1-2H3. The monoisotopic (exact) mass is 279 g/mol. The number of benzene rings is 1. The number of anilines is 1. The summed E-state index contributed by atoms with van der Waals surface area (Å²) in [6.07, 6.45) is 1.86. The van der Waals surface area contributed by atoms with Crippen LogP contribution in [-0.2, 0) is 6.54 Å². The summed E-state index contributed by atoms with van der Waals surface area (Å²) in [7, 11) is 0. The van der Waals surface area contributed by atoms with Crippen LogP contribution in [0, 0.1) is 13.8 Å². The van der Waals surface area contributed by atoms with Gasteiger partial charge < -0.3 is 10.3 Å². The molecule has 0 amide bonds. The van der Waals surface area contributed by atoms with E-state index in [1.807, 2.05) is 25.4 Å². The predicted molar refractivity (Wildman–Crippen MR) is 69.4 cm³/mol. The highest BCUT2D eigenvalue weighted by molar-refractivity contribution is 9.10. The van der Waals surface area contributed by atoms with Gasteiger partial charge in [0.05, 0.1) is 12.0 Å². The van der Waals surface area contributed by atoms with Crippen LogP contribution in [0.5, 0.6) is 0 Å². The Hall–Kier alpha value is -1.29. The van der Waals surface area contributed by atoms with E-state index >= 15 is 0 Å². The van der Waals surface area contributed by atoms with E-state index in [1.165, 1.54) is 11.3 Å². The first-order valence-corrected chi connectivity index (χ1v) is 5.90. The van der Waals surface area contributed by atoms with E-state index in [-0.39, 0.29) is 0 Å². The number of nitrogens with zero attached hydrogens (tertiary/aromatic N) is 2. The van der Waals surface area contributed by atoms with E-state index < -0.39 is 0 Å². The van der Waals surface area contributed by atoms with Gasteiger partial charge in [0, 0.05) is 22.4 Å². The van der Waals surface area contributed by atoms with Crippen molar-refractivity contribution < 1.29 is 0 Å². The van der Waals surface area contributed by atoms with Crippen molar-refractivity contribution in [2.45, 2.75) is 20.4 Å². The summed E-state index contributed by atoms with van der Waals surface area (Å²) in [6.45, 7) is 4.88. The van der Waals surface area contributed by atoms with E-state index in [0.29, 0.717) is 0 Å². The van der Waals surface area contributed by atoms with Crippen LogP contribution in [0.4, 0.5) is 5.69 Å². The molecule has 1 aromatic heterocycles. The molecule has 0 aliphatic carbocycles. The first-order valence-electron chi connectivity index (χ1n) is 5.11. The number of imidazole rings is 1. The second-order valence-corrected chi connectivity index (χ2v) is 4.66. The highest BCUT2D eigenvalue weighted by Gasteiger charge is 2.06. The smallest absolute Gasteiger partial charge is 0.0954 e. The van der Waals surface area contributed by atoms with E-state index in [0.717, 1.165) is 22.4 Å². The number of halogens is 1. The molecule has 0 saturated carbocycles. The number of aryl methyl sites for hydroxylation is 1. The number of nitrogens with two attached hydrogens (primary N) is 1. The summed E-state index contributed by atoms with van der Waals surface area (Å²) in [6, 6.07) is 5.92. The minimum atomic E-state index is 0.770. The lowest BCUT2D eigenvalue weighted by molar-refractivity contribution is 0.766. The van der Waals surface area contributed by atoms with E-state index in [2.05, 4.69) is 38.5 Å². The average Bonchev–Trinajstić information content (AvgIpc) is 2.57. The first-order chi connectivity index (χ1) is 7.59. The summed E-state index contributed by atoms with van der Waals surface area (Å²) in [5, 5.41) is 0. The van der Waals surface area contributed by atoms with Crippen molar-refractivity contribution in [2.24, 2.45) is 0 Å². The molecule has 3 nitrogen and oxygen atoms in total. The topological polar surface area (TPSA) is 43.8 Å². The average molecular weight is 280 g/mol. The van der Waals surface area contributed by atoms with Gasteiger partial charge in [0.25, 0.3) is 0 Å². The molecule has 2 rings (SSSR count). The van der Waals surface area contributed by atoms with Crippen molar-refractivity contribution in [3.05, 3.63) is 46.0 Å². The molecule has 2 aromatic rings. The third-order valence-electron chi connectivity index (χ3n) is 2.79. The van der Waals surface area contributed by atoms with Gasteiger partial charge >= 0.3 is 0 Å². The fourth-order valence-electron chi connectivity index (χ4n) is 1.61. The lowest BCUT2D eigenvalue weighted by Crippen LogP contribution is -2.02. The van der Waals surface area contributed by atoms with Crippen LogP contribution < -0.4 is 5.73 Å². The number of rotatable bonds is 2. The van der Waals surface area contributed by atoms with Gasteiger partial charge in [-0.05, 0) is 41.4 Å². The lowest BCUT2D eigenvalue weighted by atomic mass is 10.2. The quantitative estimate of drug-likeness (QED) is 0.860. The van der Waals surface area contributed by atoms with Crippen molar-refractivity contribution in [2.75, 3.05) is 5.73 Å². The van der Waals surface area contributed by atoms with Crippen molar-refractivity contribution >= 4 is 21.6 Å².